The summed E-state index contributed by atoms with van der Waals surface area (Å²) in [6, 6.07) is 15.0. The van der Waals surface area contributed by atoms with Gasteiger partial charge in [0.15, 0.2) is 5.65 Å². The number of benzene rings is 2. The third-order valence-electron chi connectivity index (χ3n) is 4.36. The molecule has 4 rings (SSSR count). The van der Waals surface area contributed by atoms with Crippen molar-refractivity contribution in [1.29, 1.82) is 0 Å². The Morgan fingerprint density at radius 2 is 1.89 bits per heavy atom. The maximum Gasteiger partial charge on any atom is 0.264 e. The summed E-state index contributed by atoms with van der Waals surface area (Å²) < 4.78 is 3.68. The SMILES string of the molecule is Cc1ccccc1-n1ncc2c(=O)n(CC(=O)Nc3ccccc3Br)cnc21. The summed E-state index contributed by atoms with van der Waals surface area (Å²) in [7, 11) is 0. The van der Waals surface area contributed by atoms with Gasteiger partial charge in [-0.15, -0.1) is 0 Å². The molecule has 28 heavy (non-hydrogen) atoms. The highest BCUT2D eigenvalue weighted by Gasteiger charge is 2.14. The van der Waals surface area contributed by atoms with Crippen LogP contribution in [0.25, 0.3) is 16.7 Å². The fourth-order valence-corrected chi connectivity index (χ4v) is 3.33. The van der Waals surface area contributed by atoms with Crippen LogP contribution in [0.15, 0.2) is 70.3 Å². The summed E-state index contributed by atoms with van der Waals surface area (Å²) in [6.07, 6.45) is 2.86. The number of hydrogen-bond donors (Lipinski definition) is 1. The fraction of sp³-hybridized carbons (Fsp3) is 0.100. The van der Waals surface area contributed by atoms with Gasteiger partial charge in [0, 0.05) is 4.47 Å². The van der Waals surface area contributed by atoms with E-state index in [0.29, 0.717) is 16.7 Å². The molecule has 0 saturated heterocycles. The minimum Gasteiger partial charge on any atom is -0.324 e. The number of amides is 1. The number of rotatable bonds is 4. The number of nitrogens with zero attached hydrogens (tertiary/aromatic N) is 4. The average molecular weight is 438 g/mol. The zero-order chi connectivity index (χ0) is 19.7. The van der Waals surface area contributed by atoms with Gasteiger partial charge in [-0.25, -0.2) is 9.67 Å². The van der Waals surface area contributed by atoms with Gasteiger partial charge in [-0.05, 0) is 46.6 Å². The van der Waals surface area contributed by atoms with Crippen molar-refractivity contribution in [3.63, 3.8) is 0 Å². The number of carbonyl (C=O) groups excluding carboxylic acids is 1. The van der Waals surface area contributed by atoms with Crippen LogP contribution in [0, 0.1) is 6.92 Å². The number of aryl methyl sites for hydroxylation is 1. The van der Waals surface area contributed by atoms with Gasteiger partial charge in [0.1, 0.15) is 18.3 Å². The highest BCUT2D eigenvalue weighted by Crippen LogP contribution is 2.21. The molecule has 0 fully saturated rings. The van der Waals surface area contributed by atoms with Gasteiger partial charge in [0.05, 0.1) is 17.6 Å². The Kier molecular flexibility index (Phi) is 4.79. The van der Waals surface area contributed by atoms with Crippen LogP contribution in [0.4, 0.5) is 5.69 Å². The molecule has 0 radical (unpaired) electrons. The third kappa shape index (κ3) is 3.34. The summed E-state index contributed by atoms with van der Waals surface area (Å²) in [5, 5.41) is 7.46. The Labute approximate surface area is 168 Å². The molecule has 0 spiro atoms. The summed E-state index contributed by atoms with van der Waals surface area (Å²) in [5.41, 5.74) is 2.66. The molecule has 0 aliphatic carbocycles. The number of aromatic nitrogens is 4. The highest BCUT2D eigenvalue weighted by atomic mass is 79.9. The maximum absolute atomic E-state index is 12.8. The second kappa shape index (κ2) is 7.40. The maximum atomic E-state index is 12.8. The molecule has 2 aromatic heterocycles. The lowest BCUT2D eigenvalue weighted by atomic mass is 10.2. The van der Waals surface area contributed by atoms with Crippen LogP contribution in [0.5, 0.6) is 0 Å². The minimum absolute atomic E-state index is 0.140. The van der Waals surface area contributed by atoms with E-state index in [1.165, 1.54) is 17.1 Å². The molecule has 0 unspecified atom stereocenters. The van der Waals surface area contributed by atoms with Crippen molar-refractivity contribution in [3.05, 3.63) is 81.4 Å². The zero-order valence-electron chi connectivity index (χ0n) is 15.0. The predicted molar refractivity (Wildman–Crippen MR) is 111 cm³/mol. The van der Waals surface area contributed by atoms with Gasteiger partial charge in [-0.2, -0.15) is 5.10 Å². The van der Waals surface area contributed by atoms with E-state index in [1.807, 2.05) is 49.4 Å². The third-order valence-corrected chi connectivity index (χ3v) is 5.05. The van der Waals surface area contributed by atoms with Gasteiger partial charge in [0.2, 0.25) is 5.91 Å². The first-order chi connectivity index (χ1) is 13.5. The number of halogens is 1. The summed E-state index contributed by atoms with van der Waals surface area (Å²) in [5.74, 6) is -0.318. The molecule has 4 aromatic rings. The monoisotopic (exact) mass is 437 g/mol. The molecule has 1 N–H and O–H groups in total. The van der Waals surface area contributed by atoms with Crippen molar-refractivity contribution in [2.45, 2.75) is 13.5 Å². The molecule has 8 heteroatoms. The van der Waals surface area contributed by atoms with E-state index in [4.69, 9.17) is 0 Å². The zero-order valence-corrected chi connectivity index (χ0v) is 16.5. The number of nitrogens with one attached hydrogen (secondary N) is 1. The normalized spacial score (nSPS) is 10.9. The van der Waals surface area contributed by atoms with E-state index in [9.17, 15) is 9.59 Å². The van der Waals surface area contributed by atoms with Gasteiger partial charge in [-0.1, -0.05) is 30.3 Å². The van der Waals surface area contributed by atoms with E-state index in [1.54, 1.807) is 10.7 Å². The van der Waals surface area contributed by atoms with Gasteiger partial charge >= 0.3 is 0 Å². The van der Waals surface area contributed by atoms with Crippen molar-refractivity contribution in [2.24, 2.45) is 0 Å². The van der Waals surface area contributed by atoms with E-state index in [-0.39, 0.29) is 18.0 Å². The van der Waals surface area contributed by atoms with Crippen molar-refractivity contribution in [1.82, 2.24) is 19.3 Å². The van der Waals surface area contributed by atoms with Crippen molar-refractivity contribution in [2.75, 3.05) is 5.32 Å². The van der Waals surface area contributed by atoms with Crippen LogP contribution in [0.2, 0.25) is 0 Å². The van der Waals surface area contributed by atoms with Crippen LogP contribution in [-0.2, 0) is 11.3 Å². The quantitative estimate of drug-likeness (QED) is 0.530. The highest BCUT2D eigenvalue weighted by molar-refractivity contribution is 9.10. The second-order valence-corrected chi connectivity index (χ2v) is 7.14. The molecule has 140 valence electrons. The standard InChI is InChI=1S/C20H16BrN5O2/c1-13-6-2-5-9-17(13)26-19-14(10-23-26)20(28)25(12-22-19)11-18(27)24-16-8-4-3-7-15(16)21/h2-10,12H,11H2,1H3,(H,24,27). The second-order valence-electron chi connectivity index (χ2n) is 6.29. The van der Waals surface area contributed by atoms with Gasteiger partial charge < -0.3 is 5.32 Å². The van der Waals surface area contributed by atoms with Gasteiger partial charge in [-0.3, -0.25) is 14.2 Å². The van der Waals surface area contributed by atoms with E-state index < -0.39 is 0 Å². The number of anilines is 1. The lowest BCUT2D eigenvalue weighted by molar-refractivity contribution is -0.116. The molecule has 2 aromatic carbocycles. The molecule has 0 bridgehead atoms. The Balaban J connectivity index is 1.64. The first-order valence-corrected chi connectivity index (χ1v) is 9.37. The summed E-state index contributed by atoms with van der Waals surface area (Å²) in [6.45, 7) is 1.83. The lowest BCUT2D eigenvalue weighted by Crippen LogP contribution is -2.28. The Bertz CT molecular complexity index is 1240. The van der Waals surface area contributed by atoms with Crippen molar-refractivity contribution >= 4 is 38.6 Å². The number of hydrogen-bond acceptors (Lipinski definition) is 4. The molecule has 0 aliphatic heterocycles. The first kappa shape index (κ1) is 18.1. The van der Waals surface area contributed by atoms with Crippen LogP contribution in [0.3, 0.4) is 0 Å². The van der Waals surface area contributed by atoms with Crippen LogP contribution >= 0.6 is 15.9 Å². The summed E-state index contributed by atoms with van der Waals surface area (Å²) in [4.78, 5) is 29.5. The Morgan fingerprint density at radius 1 is 1.14 bits per heavy atom. The average Bonchev–Trinajstić information content (AvgIpc) is 3.11. The molecular formula is C20H16BrN5O2. The smallest absolute Gasteiger partial charge is 0.264 e. The summed E-state index contributed by atoms with van der Waals surface area (Å²) >= 11 is 3.38. The van der Waals surface area contributed by atoms with E-state index in [0.717, 1.165) is 15.7 Å². The Morgan fingerprint density at radius 3 is 2.68 bits per heavy atom. The molecule has 1 amide bonds. The Hall–Kier alpha value is -3.26. The van der Waals surface area contributed by atoms with E-state index >= 15 is 0 Å². The van der Waals surface area contributed by atoms with Crippen LogP contribution in [0.1, 0.15) is 5.56 Å². The molecule has 0 atom stereocenters. The molecule has 7 nitrogen and oxygen atoms in total. The van der Waals surface area contributed by atoms with Crippen molar-refractivity contribution in [3.8, 4) is 5.69 Å². The van der Waals surface area contributed by atoms with E-state index in [2.05, 4.69) is 31.3 Å². The molecular weight excluding hydrogens is 422 g/mol. The first-order valence-electron chi connectivity index (χ1n) is 8.58. The molecule has 2 heterocycles. The number of fused-ring (bicyclic) bond motifs is 1. The van der Waals surface area contributed by atoms with Crippen LogP contribution in [-0.4, -0.2) is 25.2 Å². The van der Waals surface area contributed by atoms with Crippen molar-refractivity contribution < 1.29 is 4.79 Å². The molecule has 0 aliphatic rings. The minimum atomic E-state index is -0.318. The number of para-hydroxylation sites is 2. The lowest BCUT2D eigenvalue weighted by Gasteiger charge is -2.09. The predicted octanol–water partition coefficient (Wildman–Crippen LogP) is 3.29. The van der Waals surface area contributed by atoms with Gasteiger partial charge in [0.25, 0.3) is 5.56 Å². The fourth-order valence-electron chi connectivity index (χ4n) is 2.95. The largest absolute Gasteiger partial charge is 0.324 e. The topological polar surface area (TPSA) is 81.8 Å². The van der Waals surface area contributed by atoms with Crippen LogP contribution < -0.4 is 10.9 Å². The molecule has 0 saturated carbocycles. The number of carbonyl (C=O) groups is 1.